The van der Waals surface area contributed by atoms with E-state index in [0.29, 0.717) is 18.1 Å². The van der Waals surface area contributed by atoms with Crippen molar-refractivity contribution in [1.29, 1.82) is 0 Å². The summed E-state index contributed by atoms with van der Waals surface area (Å²) in [5.74, 6) is 0.482. The molecule has 0 atom stereocenters. The first-order chi connectivity index (χ1) is 6.65. The van der Waals surface area contributed by atoms with Crippen LogP contribution in [-0.2, 0) is 0 Å². The molecule has 0 saturated carbocycles. The molecule has 0 bridgehead atoms. The van der Waals surface area contributed by atoms with Gasteiger partial charge in [-0.2, -0.15) is 0 Å². The Hall–Kier alpha value is -1.69. The Bertz CT molecular complexity index is 356. The minimum atomic E-state index is -0.473. The van der Waals surface area contributed by atoms with Gasteiger partial charge in [0.05, 0.1) is 0 Å². The molecule has 0 aliphatic carbocycles. The van der Waals surface area contributed by atoms with Gasteiger partial charge in [-0.25, -0.2) is 9.97 Å². The lowest BCUT2D eigenvalue weighted by atomic mass is 10.4. The highest BCUT2D eigenvalue weighted by Gasteiger charge is 2.14. The third-order valence-electron chi connectivity index (χ3n) is 1.61. The summed E-state index contributed by atoms with van der Waals surface area (Å²) >= 11 is 0. The highest BCUT2D eigenvalue weighted by atomic mass is 16.6. The predicted molar refractivity (Wildman–Crippen MR) is 52.9 cm³/mol. The molecule has 1 rings (SSSR count). The zero-order valence-electron chi connectivity index (χ0n) is 8.07. The Morgan fingerprint density at radius 1 is 1.71 bits per heavy atom. The molecular formula is C8H12N4O2. The number of aryl methyl sites for hydroxylation is 1. The average molecular weight is 196 g/mol. The van der Waals surface area contributed by atoms with Crippen LogP contribution in [0, 0.1) is 17.0 Å². The van der Waals surface area contributed by atoms with Crippen LogP contribution < -0.4 is 5.32 Å². The minimum absolute atomic E-state index is 0.0603. The lowest BCUT2D eigenvalue weighted by Crippen LogP contribution is -2.03. The van der Waals surface area contributed by atoms with Gasteiger partial charge >= 0.3 is 5.82 Å². The number of hydrogen-bond acceptors (Lipinski definition) is 4. The fourth-order valence-electron chi connectivity index (χ4n) is 1.04. The second-order valence-corrected chi connectivity index (χ2v) is 2.77. The molecule has 6 heteroatoms. The molecule has 0 radical (unpaired) electrons. The molecule has 0 aromatic carbocycles. The van der Waals surface area contributed by atoms with Gasteiger partial charge < -0.3 is 15.4 Å². The summed E-state index contributed by atoms with van der Waals surface area (Å²) in [6.07, 6.45) is 3.40. The first-order valence-corrected chi connectivity index (χ1v) is 4.17. The van der Waals surface area contributed by atoms with E-state index in [1.807, 2.05) is 0 Å². The van der Waals surface area contributed by atoms with Crippen LogP contribution in [-0.4, -0.2) is 28.5 Å². The van der Waals surface area contributed by atoms with Crippen molar-refractivity contribution in [3.8, 4) is 0 Å². The van der Waals surface area contributed by atoms with Gasteiger partial charge in [0.2, 0.25) is 0 Å². The largest absolute Gasteiger partial charge is 0.358 e. The number of nitrogens with one attached hydrogen (secondary N) is 2. The maximum absolute atomic E-state index is 10.6. The van der Waals surface area contributed by atoms with Gasteiger partial charge in [0.1, 0.15) is 0 Å². The van der Waals surface area contributed by atoms with Crippen LogP contribution >= 0.6 is 0 Å². The maximum atomic E-state index is 10.6. The normalized spacial score (nSPS) is 11.0. The third kappa shape index (κ3) is 2.40. The Morgan fingerprint density at radius 2 is 2.43 bits per heavy atom. The van der Waals surface area contributed by atoms with E-state index in [0.717, 1.165) is 0 Å². The van der Waals surface area contributed by atoms with Crippen molar-refractivity contribution >= 4 is 11.9 Å². The van der Waals surface area contributed by atoms with Gasteiger partial charge in [0.25, 0.3) is 0 Å². The van der Waals surface area contributed by atoms with Crippen molar-refractivity contribution in [3.05, 3.63) is 27.7 Å². The quantitative estimate of drug-likeness (QED) is 0.552. The molecule has 6 nitrogen and oxygen atoms in total. The molecule has 2 N–H and O–H groups in total. The number of nitro groups is 1. The van der Waals surface area contributed by atoms with E-state index in [1.165, 1.54) is 0 Å². The number of aromatic amines is 1. The average Bonchev–Trinajstić information content (AvgIpc) is 2.47. The van der Waals surface area contributed by atoms with Crippen LogP contribution in [0.3, 0.4) is 0 Å². The molecule has 0 spiro atoms. The van der Waals surface area contributed by atoms with Crippen LogP contribution in [0.4, 0.5) is 5.82 Å². The summed E-state index contributed by atoms with van der Waals surface area (Å²) < 4.78 is 0. The monoisotopic (exact) mass is 196 g/mol. The van der Waals surface area contributed by atoms with E-state index in [-0.39, 0.29) is 5.82 Å². The van der Waals surface area contributed by atoms with Crippen molar-refractivity contribution in [1.82, 2.24) is 15.3 Å². The molecule has 0 fully saturated rings. The molecule has 0 saturated heterocycles. The lowest BCUT2D eigenvalue weighted by Gasteiger charge is -1.90. The van der Waals surface area contributed by atoms with Crippen LogP contribution in [0.5, 0.6) is 0 Å². The van der Waals surface area contributed by atoms with E-state index >= 15 is 0 Å². The zero-order chi connectivity index (χ0) is 10.6. The Kier molecular flexibility index (Phi) is 3.35. The second kappa shape index (κ2) is 4.52. The van der Waals surface area contributed by atoms with Crippen molar-refractivity contribution in [2.45, 2.75) is 6.92 Å². The van der Waals surface area contributed by atoms with Crippen molar-refractivity contribution in [3.63, 3.8) is 0 Å². The summed E-state index contributed by atoms with van der Waals surface area (Å²) in [7, 11) is 1.80. The second-order valence-electron chi connectivity index (χ2n) is 2.77. The molecule has 1 heterocycles. The van der Waals surface area contributed by atoms with Crippen LogP contribution in [0.2, 0.25) is 0 Å². The van der Waals surface area contributed by atoms with Gasteiger partial charge in [0.15, 0.2) is 11.5 Å². The van der Waals surface area contributed by atoms with Crippen molar-refractivity contribution < 1.29 is 4.92 Å². The van der Waals surface area contributed by atoms with Crippen molar-refractivity contribution in [2.75, 3.05) is 13.6 Å². The standard InChI is InChI=1S/C8H12N4O2/c1-6-10-7(4-3-5-9-2)8(11-6)12(13)14/h3-4,9H,5H2,1-2H3,(H,10,11). The Balaban J connectivity index is 2.89. The molecule has 1 aromatic rings. The number of nitrogens with zero attached hydrogens (tertiary/aromatic N) is 2. The summed E-state index contributed by atoms with van der Waals surface area (Å²) in [5.41, 5.74) is 0.364. The summed E-state index contributed by atoms with van der Waals surface area (Å²) in [5, 5.41) is 13.5. The fourth-order valence-corrected chi connectivity index (χ4v) is 1.04. The molecule has 0 amide bonds. The minimum Gasteiger partial charge on any atom is -0.358 e. The van der Waals surface area contributed by atoms with E-state index in [2.05, 4.69) is 15.3 Å². The molecular weight excluding hydrogens is 184 g/mol. The van der Waals surface area contributed by atoms with E-state index < -0.39 is 4.92 Å². The number of aromatic nitrogens is 2. The lowest BCUT2D eigenvalue weighted by molar-refractivity contribution is -0.389. The van der Waals surface area contributed by atoms with Crippen LogP contribution in [0.15, 0.2) is 6.08 Å². The van der Waals surface area contributed by atoms with Gasteiger partial charge in [-0.1, -0.05) is 6.08 Å². The number of imidazole rings is 1. The van der Waals surface area contributed by atoms with E-state index in [9.17, 15) is 10.1 Å². The summed E-state index contributed by atoms with van der Waals surface area (Å²) in [4.78, 5) is 16.7. The summed E-state index contributed by atoms with van der Waals surface area (Å²) in [6, 6.07) is 0. The SMILES string of the molecule is CNCC=Cc1nc(C)[nH]c1[N+](=O)[O-]. The third-order valence-corrected chi connectivity index (χ3v) is 1.61. The predicted octanol–water partition coefficient (Wildman–Crippen LogP) is 0.859. The maximum Gasteiger partial charge on any atom is 0.348 e. The summed E-state index contributed by atoms with van der Waals surface area (Å²) in [6.45, 7) is 2.34. The topological polar surface area (TPSA) is 83.8 Å². The highest BCUT2D eigenvalue weighted by Crippen LogP contribution is 2.15. The van der Waals surface area contributed by atoms with Crippen LogP contribution in [0.25, 0.3) is 6.08 Å². The molecule has 0 unspecified atom stereocenters. The van der Waals surface area contributed by atoms with Gasteiger partial charge in [-0.3, -0.25) is 0 Å². The van der Waals surface area contributed by atoms with Gasteiger partial charge in [-0.05, 0) is 18.0 Å². The van der Waals surface area contributed by atoms with Gasteiger partial charge in [-0.15, -0.1) is 0 Å². The number of likely N-dealkylation sites (N-methyl/N-ethyl adjacent to an activating group) is 1. The molecule has 1 aromatic heterocycles. The highest BCUT2D eigenvalue weighted by molar-refractivity contribution is 5.54. The first-order valence-electron chi connectivity index (χ1n) is 4.17. The Labute approximate surface area is 81.2 Å². The Morgan fingerprint density at radius 3 is 3.00 bits per heavy atom. The molecule has 14 heavy (non-hydrogen) atoms. The molecule has 0 aliphatic heterocycles. The smallest absolute Gasteiger partial charge is 0.348 e. The number of rotatable bonds is 4. The van der Waals surface area contributed by atoms with E-state index in [4.69, 9.17) is 0 Å². The van der Waals surface area contributed by atoms with E-state index in [1.54, 1.807) is 26.1 Å². The first kappa shape index (κ1) is 10.4. The fraction of sp³-hybridized carbons (Fsp3) is 0.375. The molecule has 76 valence electrons. The van der Waals surface area contributed by atoms with Gasteiger partial charge in [0, 0.05) is 13.5 Å². The molecule has 0 aliphatic rings. The number of hydrogen-bond donors (Lipinski definition) is 2. The number of H-pyrrole nitrogens is 1. The van der Waals surface area contributed by atoms with Crippen molar-refractivity contribution in [2.24, 2.45) is 0 Å². The zero-order valence-corrected chi connectivity index (χ0v) is 8.07. The van der Waals surface area contributed by atoms with Crippen LogP contribution in [0.1, 0.15) is 11.5 Å².